The fourth-order valence-corrected chi connectivity index (χ4v) is 2.75. The molecule has 0 unspecified atom stereocenters. The lowest BCUT2D eigenvalue weighted by Crippen LogP contribution is -2.39. The Morgan fingerprint density at radius 2 is 1.84 bits per heavy atom. The van der Waals surface area contributed by atoms with Gasteiger partial charge in [-0.3, -0.25) is 0 Å². The lowest BCUT2D eigenvalue weighted by molar-refractivity contribution is 0.448. The number of aromatic nitrogens is 2. The van der Waals surface area contributed by atoms with Crippen molar-refractivity contribution in [2.24, 2.45) is 0 Å². The predicted molar refractivity (Wildman–Crippen MR) is 75.9 cm³/mol. The van der Waals surface area contributed by atoms with Gasteiger partial charge in [0.1, 0.15) is 0 Å². The Morgan fingerprint density at radius 1 is 1.11 bits per heavy atom. The second-order valence-corrected chi connectivity index (χ2v) is 5.84. The minimum absolute atomic E-state index is 0.704. The van der Waals surface area contributed by atoms with Crippen LogP contribution < -0.4 is 5.32 Å². The van der Waals surface area contributed by atoms with Gasteiger partial charge < -0.3 is 5.32 Å². The van der Waals surface area contributed by atoms with E-state index in [0.29, 0.717) is 5.92 Å². The van der Waals surface area contributed by atoms with Crippen molar-refractivity contribution in [2.45, 2.75) is 31.6 Å². The summed E-state index contributed by atoms with van der Waals surface area (Å²) in [6.07, 6.45) is 2.62. The third kappa shape index (κ3) is 1.98. The van der Waals surface area contributed by atoms with Crippen LogP contribution in [0.25, 0.3) is 5.69 Å². The maximum Gasteiger partial charge on any atom is 0.0662 e. The van der Waals surface area contributed by atoms with Crippen molar-refractivity contribution >= 4 is 0 Å². The molecule has 2 fully saturated rings. The Morgan fingerprint density at radius 3 is 2.42 bits per heavy atom. The van der Waals surface area contributed by atoms with E-state index in [1.54, 1.807) is 0 Å². The second kappa shape index (κ2) is 4.20. The maximum atomic E-state index is 4.76. The molecule has 1 saturated carbocycles. The summed E-state index contributed by atoms with van der Waals surface area (Å²) in [5.41, 5.74) is 5.12. The smallest absolute Gasteiger partial charge is 0.0662 e. The van der Waals surface area contributed by atoms with Crippen molar-refractivity contribution in [1.82, 2.24) is 15.1 Å². The van der Waals surface area contributed by atoms with Crippen LogP contribution in [0.1, 0.15) is 41.6 Å². The van der Waals surface area contributed by atoms with Gasteiger partial charge in [0.05, 0.1) is 11.4 Å². The van der Waals surface area contributed by atoms with E-state index in [1.807, 2.05) is 0 Å². The van der Waals surface area contributed by atoms with E-state index >= 15 is 0 Å². The van der Waals surface area contributed by atoms with E-state index in [0.717, 1.165) is 19.0 Å². The van der Waals surface area contributed by atoms with E-state index < -0.39 is 0 Å². The number of hydrogen-bond acceptors (Lipinski definition) is 2. The molecule has 2 heterocycles. The zero-order valence-electron chi connectivity index (χ0n) is 11.3. The molecule has 1 aliphatic carbocycles. The fourth-order valence-electron chi connectivity index (χ4n) is 2.75. The number of benzene rings is 1. The van der Waals surface area contributed by atoms with Crippen molar-refractivity contribution in [2.75, 3.05) is 13.1 Å². The molecule has 0 amide bonds. The summed E-state index contributed by atoms with van der Waals surface area (Å²) in [6.45, 7) is 4.38. The molecular formula is C16H19N3. The third-order valence-electron chi connectivity index (χ3n) is 4.29. The van der Waals surface area contributed by atoms with Gasteiger partial charge in [-0.2, -0.15) is 5.10 Å². The van der Waals surface area contributed by atoms with E-state index in [1.165, 1.54) is 35.5 Å². The first-order valence-electron chi connectivity index (χ1n) is 7.19. The van der Waals surface area contributed by atoms with Crippen LogP contribution in [0.15, 0.2) is 30.3 Å². The first kappa shape index (κ1) is 11.2. The lowest BCUT2D eigenvalue weighted by Gasteiger charge is -2.27. The minimum atomic E-state index is 0.704. The molecule has 2 aliphatic rings. The largest absolute Gasteiger partial charge is 0.315 e. The molecule has 3 nitrogen and oxygen atoms in total. The first-order chi connectivity index (χ1) is 9.31. The highest BCUT2D eigenvalue weighted by atomic mass is 15.3. The Bertz CT molecular complexity index is 589. The van der Waals surface area contributed by atoms with E-state index in [-0.39, 0.29) is 0 Å². The molecule has 19 heavy (non-hydrogen) atoms. The highest BCUT2D eigenvalue weighted by Crippen LogP contribution is 2.39. The molecule has 1 saturated heterocycles. The van der Waals surface area contributed by atoms with Crippen molar-refractivity contribution in [3.05, 3.63) is 47.3 Å². The quantitative estimate of drug-likeness (QED) is 0.911. The average Bonchev–Trinajstić information content (AvgIpc) is 3.12. The molecule has 3 heteroatoms. The summed E-state index contributed by atoms with van der Waals surface area (Å²) in [4.78, 5) is 0. The van der Waals surface area contributed by atoms with Crippen LogP contribution in [0.5, 0.6) is 0 Å². The van der Waals surface area contributed by atoms with Gasteiger partial charge in [0, 0.05) is 30.6 Å². The minimum Gasteiger partial charge on any atom is -0.315 e. The summed E-state index contributed by atoms with van der Waals surface area (Å²) >= 11 is 0. The molecule has 1 aromatic heterocycles. The normalized spacial score (nSPS) is 19.4. The summed E-state index contributed by atoms with van der Waals surface area (Å²) in [6, 6.07) is 11.1. The molecule has 98 valence electrons. The third-order valence-corrected chi connectivity index (χ3v) is 4.29. The lowest BCUT2D eigenvalue weighted by atomic mass is 9.94. The van der Waals surface area contributed by atoms with Gasteiger partial charge in [-0.15, -0.1) is 0 Å². The molecule has 2 aromatic rings. The summed E-state index contributed by atoms with van der Waals surface area (Å²) < 4.78 is 2.08. The maximum absolute atomic E-state index is 4.76. The van der Waals surface area contributed by atoms with Crippen molar-refractivity contribution < 1.29 is 0 Å². The molecule has 0 spiro atoms. The monoisotopic (exact) mass is 253 g/mol. The van der Waals surface area contributed by atoms with Gasteiger partial charge in [-0.1, -0.05) is 12.1 Å². The van der Waals surface area contributed by atoms with Crippen LogP contribution in [-0.4, -0.2) is 22.9 Å². The van der Waals surface area contributed by atoms with Crippen molar-refractivity contribution in [3.8, 4) is 5.69 Å². The van der Waals surface area contributed by atoms with Crippen LogP contribution >= 0.6 is 0 Å². The number of nitrogens with one attached hydrogen (secondary N) is 1. The zero-order valence-corrected chi connectivity index (χ0v) is 11.3. The molecule has 4 rings (SSSR count). The number of aryl methyl sites for hydroxylation is 1. The highest BCUT2D eigenvalue weighted by Gasteiger charge is 2.27. The highest BCUT2D eigenvalue weighted by molar-refractivity contribution is 5.38. The number of hydrogen-bond donors (Lipinski definition) is 1. The SMILES string of the molecule is Cc1cc(C2CC2)nn1-c1ccc(C2CNC2)cc1. The van der Waals surface area contributed by atoms with Crippen LogP contribution in [-0.2, 0) is 0 Å². The van der Waals surface area contributed by atoms with Crippen LogP contribution in [0.3, 0.4) is 0 Å². The van der Waals surface area contributed by atoms with E-state index in [9.17, 15) is 0 Å². The Balaban J connectivity index is 1.63. The van der Waals surface area contributed by atoms with Crippen molar-refractivity contribution in [1.29, 1.82) is 0 Å². The Labute approximate surface area is 113 Å². The average molecular weight is 253 g/mol. The zero-order chi connectivity index (χ0) is 12.8. The first-order valence-corrected chi connectivity index (χ1v) is 7.19. The summed E-state index contributed by atoms with van der Waals surface area (Å²) in [7, 11) is 0. The molecule has 1 aromatic carbocycles. The fraction of sp³-hybridized carbons (Fsp3) is 0.438. The van der Waals surface area contributed by atoms with Gasteiger partial charge in [0.15, 0.2) is 0 Å². The number of nitrogens with zero attached hydrogens (tertiary/aromatic N) is 2. The number of rotatable bonds is 3. The summed E-state index contributed by atoms with van der Waals surface area (Å²) in [5, 5.41) is 8.08. The summed E-state index contributed by atoms with van der Waals surface area (Å²) in [5.74, 6) is 1.43. The van der Waals surface area contributed by atoms with Crippen molar-refractivity contribution in [3.63, 3.8) is 0 Å². The van der Waals surface area contributed by atoms with Gasteiger partial charge in [0.2, 0.25) is 0 Å². The van der Waals surface area contributed by atoms with Crippen LogP contribution in [0.2, 0.25) is 0 Å². The topological polar surface area (TPSA) is 29.9 Å². The van der Waals surface area contributed by atoms with E-state index in [4.69, 9.17) is 5.10 Å². The molecule has 1 aliphatic heterocycles. The molecule has 0 bridgehead atoms. The molecular weight excluding hydrogens is 234 g/mol. The van der Waals surface area contributed by atoms with Gasteiger partial charge in [0.25, 0.3) is 0 Å². The Kier molecular flexibility index (Phi) is 2.49. The second-order valence-electron chi connectivity index (χ2n) is 5.84. The molecule has 0 atom stereocenters. The van der Waals surface area contributed by atoms with Crippen LogP contribution in [0, 0.1) is 6.92 Å². The van der Waals surface area contributed by atoms with Gasteiger partial charge >= 0.3 is 0 Å². The predicted octanol–water partition coefficient (Wildman–Crippen LogP) is 2.74. The van der Waals surface area contributed by atoms with Crippen LogP contribution in [0.4, 0.5) is 0 Å². The molecule has 0 radical (unpaired) electrons. The van der Waals surface area contributed by atoms with E-state index in [2.05, 4.69) is 47.3 Å². The van der Waals surface area contributed by atoms with Gasteiger partial charge in [-0.25, -0.2) is 4.68 Å². The Hall–Kier alpha value is -1.61. The standard InChI is InChI=1S/C16H19N3/c1-11-8-16(13-2-3-13)18-19(11)15-6-4-12(5-7-15)14-9-17-10-14/h4-8,13-14,17H,2-3,9-10H2,1H3. The molecule has 1 N–H and O–H groups in total. The van der Waals surface area contributed by atoms with Gasteiger partial charge in [-0.05, 0) is 43.5 Å².